The number of amides is 2. The van der Waals surface area contributed by atoms with Crippen molar-refractivity contribution in [1.29, 1.82) is 0 Å². The number of carboxylic acid groups (broad SMARTS) is 1. The minimum absolute atomic E-state index is 0.0634. The van der Waals surface area contributed by atoms with Crippen molar-refractivity contribution in [2.75, 3.05) is 0 Å². The van der Waals surface area contributed by atoms with Crippen LogP contribution in [0.4, 0.5) is 0 Å². The number of carbonyl (C=O) groups is 3. The average molecular weight is 547 g/mol. The summed E-state index contributed by atoms with van der Waals surface area (Å²) in [6, 6.07) is 38.1. The molecule has 41 heavy (non-hydrogen) atoms. The lowest BCUT2D eigenvalue weighted by Crippen LogP contribution is -2.48. The Kier molecular flexibility index (Phi) is 9.84. The molecule has 2 amide bonds. The maximum absolute atomic E-state index is 13.7. The van der Waals surface area contributed by atoms with Crippen LogP contribution in [-0.4, -0.2) is 28.9 Å². The molecule has 1 atom stereocenters. The van der Waals surface area contributed by atoms with Gasteiger partial charge in [-0.3, -0.25) is 9.59 Å². The van der Waals surface area contributed by atoms with Gasteiger partial charge >= 0.3 is 5.97 Å². The quantitative estimate of drug-likeness (QED) is 0.158. The number of carboxylic acids is 1. The lowest BCUT2D eigenvalue weighted by molar-refractivity contribution is -0.132. The van der Waals surface area contributed by atoms with E-state index in [1.807, 2.05) is 121 Å². The van der Waals surface area contributed by atoms with E-state index < -0.39 is 17.6 Å². The summed E-state index contributed by atoms with van der Waals surface area (Å²) < 4.78 is 0. The van der Waals surface area contributed by atoms with Crippen LogP contribution in [0.3, 0.4) is 0 Å². The van der Waals surface area contributed by atoms with Crippen LogP contribution in [0.2, 0.25) is 0 Å². The Morgan fingerprint density at radius 3 is 1.59 bits per heavy atom. The van der Waals surface area contributed by atoms with Gasteiger partial charge in [-0.05, 0) is 35.6 Å². The molecular weight excluding hydrogens is 512 g/mol. The highest BCUT2D eigenvalue weighted by Crippen LogP contribution is 2.36. The van der Waals surface area contributed by atoms with Crippen LogP contribution < -0.4 is 10.6 Å². The summed E-state index contributed by atoms with van der Waals surface area (Å²) in [5.74, 6) is -1.55. The van der Waals surface area contributed by atoms with Crippen LogP contribution >= 0.6 is 0 Å². The van der Waals surface area contributed by atoms with E-state index in [9.17, 15) is 19.5 Å². The van der Waals surface area contributed by atoms with Crippen molar-refractivity contribution in [2.24, 2.45) is 0 Å². The van der Waals surface area contributed by atoms with Gasteiger partial charge in [-0.25, -0.2) is 4.79 Å². The minimum Gasteiger partial charge on any atom is -0.478 e. The van der Waals surface area contributed by atoms with Gasteiger partial charge in [-0.15, -0.1) is 0 Å². The van der Waals surface area contributed by atoms with Gasteiger partial charge in [-0.1, -0.05) is 127 Å². The summed E-state index contributed by atoms with van der Waals surface area (Å²) in [6.07, 6.45) is 1.94. The van der Waals surface area contributed by atoms with Crippen molar-refractivity contribution in [1.82, 2.24) is 10.6 Å². The fourth-order valence-electron chi connectivity index (χ4n) is 4.95. The Labute approximate surface area is 240 Å². The Bertz CT molecular complexity index is 1370. The number of benzene rings is 4. The fraction of sp³-hybridized carbons (Fsp3) is 0.171. The van der Waals surface area contributed by atoms with E-state index in [1.54, 1.807) is 0 Å². The summed E-state index contributed by atoms with van der Waals surface area (Å²) in [7, 11) is 0. The molecule has 0 unspecified atom stereocenters. The summed E-state index contributed by atoms with van der Waals surface area (Å²) in [4.78, 5) is 38.1. The van der Waals surface area contributed by atoms with Crippen molar-refractivity contribution in [3.05, 3.63) is 155 Å². The summed E-state index contributed by atoms with van der Waals surface area (Å²) in [6.45, 7) is 1.48. The molecule has 0 saturated carbocycles. The zero-order valence-corrected chi connectivity index (χ0v) is 23.0. The van der Waals surface area contributed by atoms with Crippen LogP contribution in [0, 0.1) is 0 Å². The Morgan fingerprint density at radius 2 is 1.15 bits per heavy atom. The molecule has 4 rings (SSSR count). The van der Waals surface area contributed by atoms with Crippen LogP contribution in [-0.2, 0) is 26.3 Å². The first-order valence-electron chi connectivity index (χ1n) is 13.6. The van der Waals surface area contributed by atoms with Gasteiger partial charge in [-0.2, -0.15) is 0 Å². The first-order chi connectivity index (χ1) is 19.9. The van der Waals surface area contributed by atoms with Crippen molar-refractivity contribution >= 4 is 17.8 Å². The number of carbonyl (C=O) groups excluding carboxylic acids is 2. The Morgan fingerprint density at radius 1 is 0.707 bits per heavy atom. The van der Waals surface area contributed by atoms with Crippen LogP contribution in [0.15, 0.2) is 133 Å². The topological polar surface area (TPSA) is 95.5 Å². The SMILES string of the molecule is CC(=C[C@H](CCC(=O)NC(c1ccccc1)(c1ccccc1)c1ccccc1)NC(=O)Cc1ccccc1)C(=O)O. The Balaban J connectivity index is 1.60. The second-order valence-corrected chi connectivity index (χ2v) is 9.93. The van der Waals surface area contributed by atoms with Gasteiger partial charge in [0.1, 0.15) is 5.54 Å². The maximum Gasteiger partial charge on any atom is 0.331 e. The molecule has 3 N–H and O–H groups in total. The van der Waals surface area contributed by atoms with Crippen LogP contribution in [0.1, 0.15) is 42.0 Å². The highest BCUT2D eigenvalue weighted by Gasteiger charge is 2.37. The number of hydrogen-bond acceptors (Lipinski definition) is 3. The largest absolute Gasteiger partial charge is 0.478 e. The molecule has 6 heteroatoms. The number of rotatable bonds is 12. The lowest BCUT2D eigenvalue weighted by Gasteiger charge is -2.37. The molecule has 0 heterocycles. The van der Waals surface area contributed by atoms with Crippen molar-refractivity contribution in [3.63, 3.8) is 0 Å². The fourth-order valence-corrected chi connectivity index (χ4v) is 4.95. The van der Waals surface area contributed by atoms with Gasteiger partial charge in [0, 0.05) is 18.0 Å². The van der Waals surface area contributed by atoms with E-state index in [2.05, 4.69) is 10.6 Å². The van der Waals surface area contributed by atoms with Gasteiger partial charge in [0.15, 0.2) is 0 Å². The molecule has 0 saturated heterocycles. The molecule has 0 radical (unpaired) electrons. The first-order valence-corrected chi connectivity index (χ1v) is 13.6. The molecule has 6 nitrogen and oxygen atoms in total. The summed E-state index contributed by atoms with van der Waals surface area (Å²) in [5.41, 5.74) is 2.70. The van der Waals surface area contributed by atoms with E-state index in [0.29, 0.717) is 0 Å². The third kappa shape index (κ3) is 7.57. The second-order valence-electron chi connectivity index (χ2n) is 9.93. The van der Waals surface area contributed by atoms with Crippen molar-refractivity contribution in [3.8, 4) is 0 Å². The average Bonchev–Trinajstić information content (AvgIpc) is 3.00. The molecule has 0 bridgehead atoms. The van der Waals surface area contributed by atoms with E-state index in [1.165, 1.54) is 13.0 Å². The first kappa shape index (κ1) is 29.0. The smallest absolute Gasteiger partial charge is 0.331 e. The molecule has 0 spiro atoms. The zero-order chi connectivity index (χ0) is 29.1. The third-order valence-corrected chi connectivity index (χ3v) is 6.97. The van der Waals surface area contributed by atoms with Gasteiger partial charge in [0.2, 0.25) is 11.8 Å². The van der Waals surface area contributed by atoms with Crippen molar-refractivity contribution in [2.45, 2.75) is 37.8 Å². The number of nitrogens with one attached hydrogen (secondary N) is 2. The zero-order valence-electron chi connectivity index (χ0n) is 23.0. The van der Waals surface area contributed by atoms with Crippen LogP contribution in [0.5, 0.6) is 0 Å². The van der Waals surface area contributed by atoms with E-state index in [0.717, 1.165) is 22.3 Å². The summed E-state index contributed by atoms with van der Waals surface area (Å²) in [5, 5.41) is 15.7. The molecule has 0 fully saturated rings. The van der Waals surface area contributed by atoms with Gasteiger partial charge in [0.25, 0.3) is 0 Å². The standard InChI is InChI=1S/C35H34N2O4/c1-26(34(40)41)24-31(36-33(39)25-27-14-6-2-7-15-27)22-23-32(38)37-35(28-16-8-3-9-17-28,29-18-10-4-11-19-29)30-20-12-5-13-21-30/h2-21,24,31H,22-23,25H2,1H3,(H,36,39)(H,37,38)(H,40,41)/t31-/m0/s1. The molecule has 0 aromatic heterocycles. The van der Waals surface area contributed by atoms with E-state index >= 15 is 0 Å². The molecule has 0 aliphatic rings. The lowest BCUT2D eigenvalue weighted by atomic mass is 9.77. The molecule has 0 aliphatic carbocycles. The molecule has 4 aromatic rings. The second kappa shape index (κ2) is 13.9. The third-order valence-electron chi connectivity index (χ3n) is 6.97. The van der Waals surface area contributed by atoms with Gasteiger partial charge < -0.3 is 15.7 Å². The highest BCUT2D eigenvalue weighted by molar-refractivity contribution is 5.86. The molecular formula is C35H34N2O4. The molecule has 208 valence electrons. The minimum atomic E-state index is -1.08. The normalized spacial score (nSPS) is 12.3. The highest BCUT2D eigenvalue weighted by atomic mass is 16.4. The van der Waals surface area contributed by atoms with Crippen molar-refractivity contribution < 1.29 is 19.5 Å². The predicted molar refractivity (Wildman–Crippen MR) is 160 cm³/mol. The van der Waals surface area contributed by atoms with Crippen LogP contribution in [0.25, 0.3) is 0 Å². The monoisotopic (exact) mass is 546 g/mol. The predicted octanol–water partition coefficient (Wildman–Crippen LogP) is 5.63. The molecule has 0 aliphatic heterocycles. The van der Waals surface area contributed by atoms with Gasteiger partial charge in [0.05, 0.1) is 6.42 Å². The summed E-state index contributed by atoms with van der Waals surface area (Å²) >= 11 is 0. The van der Waals surface area contributed by atoms with E-state index in [-0.39, 0.29) is 36.6 Å². The Hall–Kier alpha value is -4.97. The van der Waals surface area contributed by atoms with E-state index in [4.69, 9.17) is 0 Å². The maximum atomic E-state index is 13.7. The molecule has 4 aromatic carbocycles. The number of hydrogen-bond donors (Lipinski definition) is 3. The number of aliphatic carboxylic acids is 1.